The van der Waals surface area contributed by atoms with Crippen molar-refractivity contribution >= 4 is 33.8 Å². The Morgan fingerprint density at radius 3 is 2.54 bits per heavy atom. The van der Waals surface area contributed by atoms with Crippen molar-refractivity contribution < 1.29 is 9.90 Å². The molecule has 0 spiro atoms. The van der Waals surface area contributed by atoms with Gasteiger partial charge in [0.2, 0.25) is 5.88 Å². The van der Waals surface area contributed by atoms with Crippen molar-refractivity contribution in [2.24, 2.45) is 12.1 Å². The first-order chi connectivity index (χ1) is 12.7. The van der Waals surface area contributed by atoms with Gasteiger partial charge < -0.3 is 9.67 Å². The van der Waals surface area contributed by atoms with E-state index in [-0.39, 0.29) is 11.8 Å². The lowest BCUT2D eigenvalue weighted by molar-refractivity contribution is 0.0957. The lowest BCUT2D eigenvalue weighted by Gasteiger charge is -2.04. The van der Waals surface area contributed by atoms with Gasteiger partial charge in [-0.2, -0.15) is 5.10 Å². The molecule has 4 rings (SSSR count). The number of hydrazone groups is 1. The van der Waals surface area contributed by atoms with Crippen LogP contribution < -0.4 is 5.43 Å². The molecule has 0 saturated carbocycles. The number of nitrogens with one attached hydrogen (secondary N) is 1. The molecule has 0 bridgehead atoms. The summed E-state index contributed by atoms with van der Waals surface area (Å²) in [5, 5.41) is 17.1. The van der Waals surface area contributed by atoms with E-state index in [1.165, 1.54) is 6.21 Å². The monoisotopic (exact) mass is 343 g/mol. The van der Waals surface area contributed by atoms with E-state index in [9.17, 15) is 9.90 Å². The Hall–Kier alpha value is -3.60. The van der Waals surface area contributed by atoms with E-state index >= 15 is 0 Å². The zero-order valence-corrected chi connectivity index (χ0v) is 14.2. The summed E-state index contributed by atoms with van der Waals surface area (Å²) in [6, 6.07) is 20.9. The number of aromatic hydroxyl groups is 1. The molecule has 2 N–H and O–H groups in total. The third-order valence-corrected chi connectivity index (χ3v) is 4.51. The van der Waals surface area contributed by atoms with Gasteiger partial charge in [0.05, 0.1) is 17.3 Å². The molecule has 0 unspecified atom stereocenters. The molecule has 1 heterocycles. The first-order valence-corrected chi connectivity index (χ1v) is 8.24. The van der Waals surface area contributed by atoms with Crippen LogP contribution in [0.1, 0.15) is 15.9 Å². The Morgan fingerprint density at radius 2 is 1.69 bits per heavy atom. The Bertz CT molecular complexity index is 1150. The van der Waals surface area contributed by atoms with Gasteiger partial charge in [0.25, 0.3) is 5.91 Å². The fraction of sp³-hybridized carbons (Fsp3) is 0.0476. The van der Waals surface area contributed by atoms with Gasteiger partial charge in [-0.3, -0.25) is 4.79 Å². The molecule has 5 nitrogen and oxygen atoms in total. The lowest BCUT2D eigenvalue weighted by atomic mass is 10.0. The number of fused-ring (bicyclic) bond motifs is 2. The minimum Gasteiger partial charge on any atom is -0.494 e. The summed E-state index contributed by atoms with van der Waals surface area (Å²) in [5.74, 6) is -0.188. The maximum atomic E-state index is 12.5. The number of hydrogen-bond acceptors (Lipinski definition) is 3. The summed E-state index contributed by atoms with van der Waals surface area (Å²) in [7, 11) is 1.78. The highest BCUT2D eigenvalue weighted by Crippen LogP contribution is 2.28. The predicted molar refractivity (Wildman–Crippen MR) is 104 cm³/mol. The number of aryl methyl sites for hydroxylation is 1. The van der Waals surface area contributed by atoms with Gasteiger partial charge in [-0.15, -0.1) is 0 Å². The number of benzene rings is 3. The highest BCUT2D eigenvalue weighted by Gasteiger charge is 2.12. The fourth-order valence-electron chi connectivity index (χ4n) is 3.18. The molecule has 5 heteroatoms. The second kappa shape index (κ2) is 6.37. The molecule has 128 valence electrons. The molecule has 0 atom stereocenters. The van der Waals surface area contributed by atoms with E-state index in [1.807, 2.05) is 60.7 Å². The Balaban J connectivity index is 1.63. The maximum Gasteiger partial charge on any atom is 0.271 e. The van der Waals surface area contributed by atoms with Gasteiger partial charge in [-0.05, 0) is 22.9 Å². The number of carbonyl (C=O) groups is 1. The second-order valence-corrected chi connectivity index (χ2v) is 6.04. The summed E-state index contributed by atoms with van der Waals surface area (Å²) in [6.45, 7) is 0. The van der Waals surface area contributed by atoms with E-state index in [4.69, 9.17) is 0 Å². The molecule has 0 aliphatic carbocycles. The number of carbonyl (C=O) groups excluding carboxylic acids is 1. The van der Waals surface area contributed by atoms with Gasteiger partial charge in [0.1, 0.15) is 0 Å². The van der Waals surface area contributed by atoms with Crippen LogP contribution in [0.15, 0.2) is 71.8 Å². The first kappa shape index (κ1) is 15.9. The van der Waals surface area contributed by atoms with Gasteiger partial charge in [-0.1, -0.05) is 54.6 Å². The molecule has 0 aliphatic rings. The number of rotatable bonds is 3. The van der Waals surface area contributed by atoms with Gasteiger partial charge >= 0.3 is 0 Å². The Labute approximate surface area is 150 Å². The summed E-state index contributed by atoms with van der Waals surface area (Å²) in [5.41, 5.74) is 4.57. The quantitative estimate of drug-likeness (QED) is 0.439. The number of hydrogen-bond donors (Lipinski definition) is 2. The molecule has 3 aromatic carbocycles. The van der Waals surface area contributed by atoms with Gasteiger partial charge in [-0.25, -0.2) is 5.43 Å². The molecular formula is C21H17N3O2. The SMILES string of the molecule is Cn1c(O)c(C=NNC(=O)c2cccc3ccccc23)c2ccccc21. The Morgan fingerprint density at radius 1 is 1.00 bits per heavy atom. The van der Waals surface area contributed by atoms with Crippen molar-refractivity contribution in [3.8, 4) is 5.88 Å². The summed E-state index contributed by atoms with van der Waals surface area (Å²) >= 11 is 0. The largest absolute Gasteiger partial charge is 0.494 e. The first-order valence-electron chi connectivity index (χ1n) is 8.24. The molecular weight excluding hydrogens is 326 g/mol. The topological polar surface area (TPSA) is 66.6 Å². The second-order valence-electron chi connectivity index (χ2n) is 6.04. The van der Waals surface area contributed by atoms with Crippen LogP contribution in [-0.2, 0) is 7.05 Å². The maximum absolute atomic E-state index is 12.5. The van der Waals surface area contributed by atoms with Crippen molar-refractivity contribution in [2.75, 3.05) is 0 Å². The zero-order chi connectivity index (χ0) is 18.1. The van der Waals surface area contributed by atoms with E-state index in [1.54, 1.807) is 17.7 Å². The fourth-order valence-corrected chi connectivity index (χ4v) is 3.18. The number of amides is 1. The predicted octanol–water partition coefficient (Wildman–Crippen LogP) is 3.80. The van der Waals surface area contributed by atoms with E-state index in [0.29, 0.717) is 11.1 Å². The molecule has 0 fully saturated rings. The molecule has 26 heavy (non-hydrogen) atoms. The van der Waals surface area contributed by atoms with Crippen LogP contribution in [0, 0.1) is 0 Å². The van der Waals surface area contributed by atoms with Crippen LogP contribution in [0.2, 0.25) is 0 Å². The normalized spacial score (nSPS) is 11.4. The summed E-state index contributed by atoms with van der Waals surface area (Å²) in [4.78, 5) is 12.5. The summed E-state index contributed by atoms with van der Waals surface area (Å²) < 4.78 is 1.68. The zero-order valence-electron chi connectivity index (χ0n) is 14.2. The molecule has 4 aromatic rings. The van der Waals surface area contributed by atoms with Crippen LogP contribution in [0.5, 0.6) is 5.88 Å². The smallest absolute Gasteiger partial charge is 0.271 e. The van der Waals surface area contributed by atoms with Crippen LogP contribution in [0.25, 0.3) is 21.7 Å². The third-order valence-electron chi connectivity index (χ3n) is 4.51. The van der Waals surface area contributed by atoms with Crippen molar-refractivity contribution in [3.63, 3.8) is 0 Å². The van der Waals surface area contributed by atoms with Crippen LogP contribution >= 0.6 is 0 Å². The molecule has 1 aromatic heterocycles. The van der Waals surface area contributed by atoms with Crippen LogP contribution in [0.3, 0.4) is 0 Å². The minimum absolute atomic E-state index is 0.106. The average Bonchev–Trinajstić information content (AvgIpc) is 2.92. The lowest BCUT2D eigenvalue weighted by Crippen LogP contribution is -2.17. The number of aromatic nitrogens is 1. The molecule has 1 amide bonds. The highest BCUT2D eigenvalue weighted by molar-refractivity contribution is 6.08. The number of para-hydroxylation sites is 1. The third kappa shape index (κ3) is 2.59. The highest BCUT2D eigenvalue weighted by atomic mass is 16.3. The summed E-state index contributed by atoms with van der Waals surface area (Å²) in [6.07, 6.45) is 1.47. The molecule has 0 radical (unpaired) electrons. The van der Waals surface area contributed by atoms with E-state index in [2.05, 4.69) is 10.5 Å². The molecule has 0 saturated heterocycles. The molecule has 0 aliphatic heterocycles. The number of nitrogens with zero attached hydrogens (tertiary/aromatic N) is 2. The van der Waals surface area contributed by atoms with E-state index < -0.39 is 0 Å². The average molecular weight is 343 g/mol. The Kier molecular flexibility index (Phi) is 3.89. The van der Waals surface area contributed by atoms with Crippen molar-refractivity contribution in [1.82, 2.24) is 9.99 Å². The van der Waals surface area contributed by atoms with Crippen molar-refractivity contribution in [1.29, 1.82) is 0 Å². The van der Waals surface area contributed by atoms with Crippen molar-refractivity contribution in [3.05, 3.63) is 77.9 Å². The van der Waals surface area contributed by atoms with Crippen molar-refractivity contribution in [2.45, 2.75) is 0 Å². The van der Waals surface area contributed by atoms with Gasteiger partial charge in [0.15, 0.2) is 0 Å². The van der Waals surface area contributed by atoms with Crippen LogP contribution in [-0.4, -0.2) is 21.8 Å². The standard InChI is InChI=1S/C21H17N3O2/c1-24-19-12-5-4-10-16(19)18(21(24)26)13-22-23-20(25)17-11-6-8-14-7-2-3-9-15(14)17/h2-13,26H,1H3,(H,23,25). The van der Waals surface area contributed by atoms with Crippen LogP contribution in [0.4, 0.5) is 0 Å². The van der Waals surface area contributed by atoms with Gasteiger partial charge in [0, 0.05) is 18.0 Å². The van der Waals surface area contributed by atoms with E-state index in [0.717, 1.165) is 21.7 Å². The minimum atomic E-state index is -0.294.